The molecule has 4 rings (SSSR count). The molecule has 10 heteroatoms. The van der Waals surface area contributed by atoms with Crippen LogP contribution in [0.2, 0.25) is 0 Å². The first-order valence-electron chi connectivity index (χ1n) is 10.0. The number of hydrogen-bond acceptors (Lipinski definition) is 8. The molecule has 3 heterocycles. The lowest BCUT2D eigenvalue weighted by atomic mass is 9.96. The number of benzene rings is 1. The van der Waals surface area contributed by atoms with Crippen LogP contribution in [0.15, 0.2) is 24.3 Å². The fourth-order valence-electron chi connectivity index (χ4n) is 3.73. The maximum absolute atomic E-state index is 12.9. The van der Waals surface area contributed by atoms with Gasteiger partial charge in [0.2, 0.25) is 18.6 Å². The zero-order valence-electron chi connectivity index (χ0n) is 18.1. The van der Waals surface area contributed by atoms with E-state index in [0.29, 0.717) is 5.95 Å². The zero-order valence-corrected chi connectivity index (χ0v) is 18.9. The molecule has 2 N–H and O–H groups in total. The summed E-state index contributed by atoms with van der Waals surface area (Å²) in [5, 5.41) is 2.93. The Bertz CT molecular complexity index is 1010. The van der Waals surface area contributed by atoms with Crippen molar-refractivity contribution in [2.75, 3.05) is 12.1 Å². The van der Waals surface area contributed by atoms with Crippen molar-refractivity contribution in [1.82, 2.24) is 14.9 Å². The molecule has 2 aliphatic heterocycles. The summed E-state index contributed by atoms with van der Waals surface area (Å²) in [5.74, 6) is -0.736. The van der Waals surface area contributed by atoms with E-state index < -0.39 is 41.0 Å². The molecule has 2 aliphatic rings. The van der Waals surface area contributed by atoms with E-state index in [-0.39, 0.29) is 11.3 Å². The Hall–Kier alpha value is -2.75. The van der Waals surface area contributed by atoms with Crippen LogP contribution < -0.4 is 5.32 Å². The number of β-lactam (4-membered cyclic amide) rings is 1. The molecule has 0 aliphatic carbocycles. The maximum atomic E-state index is 12.9. The van der Waals surface area contributed by atoms with E-state index in [1.54, 1.807) is 25.7 Å². The third-order valence-electron chi connectivity index (χ3n) is 5.35. The lowest BCUT2D eigenvalue weighted by Crippen LogP contribution is -2.68. The Morgan fingerprint density at radius 2 is 1.97 bits per heavy atom. The summed E-state index contributed by atoms with van der Waals surface area (Å²) in [6, 6.07) is 6.34. The van der Waals surface area contributed by atoms with E-state index in [9.17, 15) is 14.4 Å². The molecule has 0 spiro atoms. The van der Waals surface area contributed by atoms with Gasteiger partial charge in [-0.2, -0.15) is 0 Å². The SMILES string of the molecule is CC(C)(C)C(=O)OCOC(=O)C1N2C(=O)C(Nc3nc4ccccc4[nH]3)[C@@H]2SC1(C)C. The van der Waals surface area contributed by atoms with Gasteiger partial charge in [0.05, 0.1) is 16.4 Å². The quantitative estimate of drug-likeness (QED) is 0.409. The normalized spacial score (nSPS) is 24.5. The van der Waals surface area contributed by atoms with E-state index in [4.69, 9.17) is 9.47 Å². The van der Waals surface area contributed by atoms with Crippen molar-refractivity contribution in [3.05, 3.63) is 24.3 Å². The molecule has 9 nitrogen and oxygen atoms in total. The number of amides is 1. The first-order valence-corrected chi connectivity index (χ1v) is 10.9. The Morgan fingerprint density at radius 3 is 2.65 bits per heavy atom. The summed E-state index contributed by atoms with van der Waals surface area (Å²) in [4.78, 5) is 46.7. The summed E-state index contributed by atoms with van der Waals surface area (Å²) >= 11 is 1.53. The lowest BCUT2D eigenvalue weighted by Gasteiger charge is -2.43. The van der Waals surface area contributed by atoms with Crippen LogP contribution >= 0.6 is 11.8 Å². The van der Waals surface area contributed by atoms with E-state index in [2.05, 4.69) is 15.3 Å². The Morgan fingerprint density at radius 1 is 1.26 bits per heavy atom. The molecule has 0 bridgehead atoms. The third-order valence-corrected chi connectivity index (χ3v) is 6.92. The second-order valence-electron chi connectivity index (χ2n) is 9.25. The molecule has 2 fully saturated rings. The Kier molecular flexibility index (Phi) is 5.15. The van der Waals surface area contributed by atoms with Crippen LogP contribution in [-0.4, -0.2) is 61.7 Å². The first-order chi connectivity index (χ1) is 14.5. The molecule has 0 radical (unpaired) electrons. The molecule has 1 aromatic heterocycles. The number of rotatable bonds is 5. The fraction of sp³-hybridized carbons (Fsp3) is 0.524. The molecule has 0 saturated carbocycles. The number of fused-ring (bicyclic) bond motifs is 2. The van der Waals surface area contributed by atoms with Gasteiger partial charge in [-0.3, -0.25) is 9.59 Å². The number of thioether (sulfide) groups is 1. The van der Waals surface area contributed by atoms with Crippen LogP contribution in [0, 0.1) is 5.41 Å². The molecule has 2 aromatic rings. The molecular formula is C21H26N4O5S. The van der Waals surface area contributed by atoms with E-state index in [1.165, 1.54) is 11.8 Å². The first kappa shape index (κ1) is 21.5. The van der Waals surface area contributed by atoms with Crippen LogP contribution in [-0.2, 0) is 23.9 Å². The standard InChI is InChI=1S/C21H26N4O5S/c1-20(2,3)18(28)30-10-29-17(27)14-21(4,5)31-16-13(15(26)25(14)16)24-19-22-11-8-6-7-9-12(11)23-19/h6-9,13-14,16H,10H2,1-5H3,(H2,22,23,24)/t13?,14?,16-/m0/s1. The zero-order chi connectivity index (χ0) is 22.6. The average Bonchev–Trinajstić information content (AvgIpc) is 3.21. The molecule has 2 saturated heterocycles. The number of hydrogen-bond donors (Lipinski definition) is 2. The fourth-order valence-corrected chi connectivity index (χ4v) is 5.35. The molecule has 3 atom stereocenters. The van der Waals surface area contributed by atoms with Gasteiger partial charge in [-0.25, -0.2) is 9.78 Å². The molecule has 166 valence electrons. The lowest BCUT2D eigenvalue weighted by molar-refractivity contribution is -0.179. The minimum atomic E-state index is -0.767. The number of nitrogens with one attached hydrogen (secondary N) is 2. The van der Waals surface area contributed by atoms with Gasteiger partial charge in [-0.1, -0.05) is 12.1 Å². The summed E-state index contributed by atoms with van der Waals surface area (Å²) in [5.41, 5.74) is 0.988. The predicted molar refractivity (Wildman–Crippen MR) is 116 cm³/mol. The highest BCUT2D eigenvalue weighted by molar-refractivity contribution is 8.01. The van der Waals surface area contributed by atoms with Crippen molar-refractivity contribution >= 4 is 46.6 Å². The monoisotopic (exact) mass is 446 g/mol. The average molecular weight is 447 g/mol. The number of anilines is 1. The number of imidazole rings is 1. The van der Waals surface area contributed by atoms with Gasteiger partial charge in [-0.15, -0.1) is 11.8 Å². The minimum Gasteiger partial charge on any atom is -0.427 e. The van der Waals surface area contributed by atoms with Crippen molar-refractivity contribution in [3.8, 4) is 0 Å². The number of aromatic nitrogens is 2. The summed E-state index contributed by atoms with van der Waals surface area (Å²) in [6.45, 7) is 8.47. The largest absolute Gasteiger partial charge is 0.427 e. The van der Waals surface area contributed by atoms with Crippen LogP contribution in [0.1, 0.15) is 34.6 Å². The molecular weight excluding hydrogens is 420 g/mol. The number of esters is 2. The smallest absolute Gasteiger partial charge is 0.333 e. The number of aromatic amines is 1. The van der Waals surface area contributed by atoms with Crippen molar-refractivity contribution in [3.63, 3.8) is 0 Å². The van der Waals surface area contributed by atoms with E-state index in [0.717, 1.165) is 11.0 Å². The highest BCUT2D eigenvalue weighted by atomic mass is 32.2. The van der Waals surface area contributed by atoms with Gasteiger partial charge >= 0.3 is 11.9 Å². The van der Waals surface area contributed by atoms with E-state index in [1.807, 2.05) is 38.1 Å². The van der Waals surface area contributed by atoms with Crippen LogP contribution in [0.25, 0.3) is 11.0 Å². The van der Waals surface area contributed by atoms with Gasteiger partial charge in [0.25, 0.3) is 0 Å². The molecule has 31 heavy (non-hydrogen) atoms. The number of carbonyl (C=O) groups excluding carboxylic acids is 3. The van der Waals surface area contributed by atoms with Crippen molar-refractivity contribution in [2.24, 2.45) is 5.41 Å². The highest BCUT2D eigenvalue weighted by Gasteiger charge is 2.64. The number of ether oxygens (including phenoxy) is 2. The number of carbonyl (C=O) groups is 3. The van der Waals surface area contributed by atoms with E-state index >= 15 is 0 Å². The Labute approximate surface area is 184 Å². The van der Waals surface area contributed by atoms with Crippen molar-refractivity contribution < 1.29 is 23.9 Å². The topological polar surface area (TPSA) is 114 Å². The van der Waals surface area contributed by atoms with Gasteiger partial charge in [0, 0.05) is 4.75 Å². The molecule has 1 aromatic carbocycles. The summed E-state index contributed by atoms with van der Waals surface area (Å²) in [6.07, 6.45) is 0. The van der Waals surface area contributed by atoms with Crippen LogP contribution in [0.5, 0.6) is 0 Å². The van der Waals surface area contributed by atoms with Gasteiger partial charge < -0.3 is 24.7 Å². The molecule has 1 amide bonds. The summed E-state index contributed by atoms with van der Waals surface area (Å²) < 4.78 is 9.66. The van der Waals surface area contributed by atoms with Gasteiger partial charge in [0.1, 0.15) is 17.5 Å². The Balaban J connectivity index is 1.41. The minimum absolute atomic E-state index is 0.197. The van der Waals surface area contributed by atoms with Crippen molar-refractivity contribution in [1.29, 1.82) is 0 Å². The summed E-state index contributed by atoms with van der Waals surface area (Å²) in [7, 11) is 0. The van der Waals surface area contributed by atoms with Gasteiger partial charge in [0.15, 0.2) is 0 Å². The number of para-hydroxylation sites is 2. The van der Waals surface area contributed by atoms with Crippen LogP contribution in [0.4, 0.5) is 5.95 Å². The number of H-pyrrole nitrogens is 1. The second kappa shape index (κ2) is 7.44. The third kappa shape index (κ3) is 3.84. The second-order valence-corrected chi connectivity index (χ2v) is 11.0. The highest BCUT2D eigenvalue weighted by Crippen LogP contribution is 2.51. The maximum Gasteiger partial charge on any atom is 0.333 e. The van der Waals surface area contributed by atoms with Gasteiger partial charge in [-0.05, 0) is 46.8 Å². The number of nitrogens with zero attached hydrogens (tertiary/aromatic N) is 2. The molecule has 2 unspecified atom stereocenters. The van der Waals surface area contributed by atoms with Crippen LogP contribution in [0.3, 0.4) is 0 Å². The predicted octanol–water partition coefficient (Wildman–Crippen LogP) is 2.50. The van der Waals surface area contributed by atoms with Crippen molar-refractivity contribution in [2.45, 2.75) is 56.8 Å².